The molecular weight excluding hydrogens is 170 g/mol. The zero-order valence-corrected chi connectivity index (χ0v) is 8.43. The minimum Gasteiger partial charge on any atom is -0.436 e. The molecule has 0 N–H and O–H groups in total. The second-order valence-electron chi connectivity index (χ2n) is 3.82. The first kappa shape index (κ1) is 10.4. The number of hydrogen-bond acceptors (Lipinski definition) is 2. The molecule has 0 atom stereocenters. The van der Waals surface area contributed by atoms with Crippen molar-refractivity contribution in [1.82, 2.24) is 0 Å². The zero-order valence-electron chi connectivity index (χ0n) is 8.43. The van der Waals surface area contributed by atoms with Crippen molar-refractivity contribution in [3.8, 4) is 0 Å². The molecule has 0 saturated carbocycles. The summed E-state index contributed by atoms with van der Waals surface area (Å²) in [7, 11) is 5.08. The van der Waals surface area contributed by atoms with Crippen LogP contribution in [0.2, 0.25) is 0 Å². The van der Waals surface area contributed by atoms with E-state index in [1.54, 1.807) is 0 Å². The van der Waals surface area contributed by atoms with Crippen LogP contribution in [0.3, 0.4) is 0 Å². The Morgan fingerprint density at radius 1 is 1.08 bits per heavy atom. The fourth-order valence-electron chi connectivity index (χ4n) is 1.23. The standard InChI is InChI=1S/C9H14BFO2/c1-5(2)7-8(6(3)4)13-9(10,11)12-7/h5-6H,1-4H3. The van der Waals surface area contributed by atoms with Gasteiger partial charge in [-0.1, -0.05) is 27.7 Å². The Labute approximate surface area is 79.5 Å². The fourth-order valence-corrected chi connectivity index (χ4v) is 1.23. The quantitative estimate of drug-likeness (QED) is 0.613. The largest absolute Gasteiger partial charge is 0.436 e. The Kier molecular flexibility index (Phi) is 2.59. The molecule has 1 aliphatic rings. The highest BCUT2D eigenvalue weighted by atomic mass is 19.2. The molecule has 72 valence electrons. The molecule has 0 aromatic carbocycles. The molecule has 0 spiro atoms. The summed E-state index contributed by atoms with van der Waals surface area (Å²) in [5.41, 5.74) is 0. The van der Waals surface area contributed by atoms with Gasteiger partial charge in [-0.25, -0.2) is 0 Å². The van der Waals surface area contributed by atoms with Gasteiger partial charge in [-0.05, 0) is 0 Å². The van der Waals surface area contributed by atoms with E-state index in [0.717, 1.165) is 0 Å². The van der Waals surface area contributed by atoms with Crippen LogP contribution < -0.4 is 0 Å². The lowest BCUT2D eigenvalue weighted by molar-refractivity contribution is -0.184. The molecule has 1 heterocycles. The van der Waals surface area contributed by atoms with E-state index in [9.17, 15) is 4.39 Å². The summed E-state index contributed by atoms with van der Waals surface area (Å²) in [4.78, 5) is 0. The number of rotatable bonds is 2. The Balaban J connectivity index is 2.90. The second-order valence-corrected chi connectivity index (χ2v) is 3.82. The molecule has 0 aromatic rings. The van der Waals surface area contributed by atoms with Crippen LogP contribution in [0.15, 0.2) is 11.5 Å². The molecule has 0 amide bonds. The van der Waals surface area contributed by atoms with Crippen LogP contribution in [0.25, 0.3) is 0 Å². The number of halogens is 1. The topological polar surface area (TPSA) is 18.5 Å². The molecule has 0 fully saturated rings. The van der Waals surface area contributed by atoms with Gasteiger partial charge >= 0.3 is 5.94 Å². The molecule has 2 nitrogen and oxygen atoms in total. The maximum Gasteiger partial charge on any atom is 0.340 e. The average molecular weight is 184 g/mol. The SMILES string of the molecule is [B]C1(F)OC(C(C)C)=C(C(C)C)O1. The number of alkyl halides is 1. The van der Waals surface area contributed by atoms with Gasteiger partial charge in [0.05, 0.1) is 0 Å². The van der Waals surface area contributed by atoms with E-state index in [1.165, 1.54) is 0 Å². The highest BCUT2D eigenvalue weighted by Crippen LogP contribution is 2.37. The van der Waals surface area contributed by atoms with Crippen LogP contribution in [-0.2, 0) is 9.47 Å². The Hall–Kier alpha value is -0.665. The molecule has 0 saturated heterocycles. The average Bonchev–Trinajstić information content (AvgIpc) is 2.26. The maximum atomic E-state index is 13.1. The molecule has 4 heteroatoms. The van der Waals surface area contributed by atoms with Crippen LogP contribution in [0.5, 0.6) is 0 Å². The molecular formula is C9H14BFO2. The first-order chi connectivity index (χ1) is 5.83. The van der Waals surface area contributed by atoms with Crippen LogP contribution >= 0.6 is 0 Å². The first-order valence-corrected chi connectivity index (χ1v) is 4.43. The maximum absolute atomic E-state index is 13.1. The van der Waals surface area contributed by atoms with E-state index >= 15 is 0 Å². The molecule has 0 aromatic heterocycles. The van der Waals surface area contributed by atoms with Gasteiger partial charge in [0.2, 0.25) is 7.85 Å². The highest BCUT2D eigenvalue weighted by molar-refractivity contribution is 6.12. The molecule has 1 aliphatic heterocycles. The summed E-state index contributed by atoms with van der Waals surface area (Å²) in [6.07, 6.45) is 0. The van der Waals surface area contributed by atoms with E-state index in [0.29, 0.717) is 11.5 Å². The lowest BCUT2D eigenvalue weighted by atomic mass is 10.1. The molecule has 0 aliphatic carbocycles. The van der Waals surface area contributed by atoms with E-state index < -0.39 is 5.94 Å². The Morgan fingerprint density at radius 3 is 1.62 bits per heavy atom. The van der Waals surface area contributed by atoms with Crippen molar-refractivity contribution >= 4 is 7.85 Å². The van der Waals surface area contributed by atoms with E-state index in [4.69, 9.17) is 17.3 Å². The summed E-state index contributed by atoms with van der Waals surface area (Å²) in [5.74, 6) is -1.28. The second kappa shape index (κ2) is 3.24. The van der Waals surface area contributed by atoms with Crippen LogP contribution in [0, 0.1) is 11.8 Å². The summed E-state index contributed by atoms with van der Waals surface area (Å²) < 4.78 is 22.8. The molecule has 0 unspecified atom stereocenters. The van der Waals surface area contributed by atoms with E-state index in [2.05, 4.69) is 0 Å². The Bertz CT molecular complexity index is 212. The van der Waals surface area contributed by atoms with Crippen molar-refractivity contribution < 1.29 is 13.9 Å². The van der Waals surface area contributed by atoms with Crippen molar-refractivity contribution in [3.05, 3.63) is 11.5 Å². The van der Waals surface area contributed by atoms with E-state index in [-0.39, 0.29) is 11.8 Å². The third kappa shape index (κ3) is 2.17. The molecule has 1 rings (SSSR count). The summed E-state index contributed by atoms with van der Waals surface area (Å²) >= 11 is 0. The summed E-state index contributed by atoms with van der Waals surface area (Å²) in [6, 6.07) is 0. The monoisotopic (exact) mass is 184 g/mol. The van der Waals surface area contributed by atoms with Crippen molar-refractivity contribution in [2.75, 3.05) is 0 Å². The predicted molar refractivity (Wildman–Crippen MR) is 48.5 cm³/mol. The van der Waals surface area contributed by atoms with Crippen LogP contribution in [-0.4, -0.2) is 13.8 Å². The van der Waals surface area contributed by atoms with Crippen molar-refractivity contribution in [2.45, 2.75) is 33.6 Å². The van der Waals surface area contributed by atoms with Crippen LogP contribution in [0.4, 0.5) is 4.39 Å². The first-order valence-electron chi connectivity index (χ1n) is 4.43. The summed E-state index contributed by atoms with van der Waals surface area (Å²) in [5, 5.41) is 0. The van der Waals surface area contributed by atoms with Crippen molar-refractivity contribution in [1.29, 1.82) is 0 Å². The van der Waals surface area contributed by atoms with E-state index in [1.807, 2.05) is 27.7 Å². The van der Waals surface area contributed by atoms with Gasteiger partial charge < -0.3 is 9.47 Å². The lowest BCUT2D eigenvalue weighted by Crippen LogP contribution is -2.25. The van der Waals surface area contributed by atoms with Gasteiger partial charge in [-0.2, -0.15) is 4.39 Å². The van der Waals surface area contributed by atoms with Gasteiger partial charge in [-0.3, -0.25) is 0 Å². The number of hydrogen-bond donors (Lipinski definition) is 0. The smallest absolute Gasteiger partial charge is 0.340 e. The van der Waals surface area contributed by atoms with Crippen LogP contribution in [0.1, 0.15) is 27.7 Å². The Morgan fingerprint density at radius 2 is 1.38 bits per heavy atom. The predicted octanol–water partition coefficient (Wildman–Crippen LogP) is 2.31. The molecule has 0 bridgehead atoms. The molecule has 2 radical (unpaired) electrons. The highest BCUT2D eigenvalue weighted by Gasteiger charge is 2.39. The lowest BCUT2D eigenvalue weighted by Gasteiger charge is -2.16. The normalized spacial score (nSPS) is 20.8. The summed E-state index contributed by atoms with van der Waals surface area (Å²) in [6.45, 7) is 7.62. The van der Waals surface area contributed by atoms with Gasteiger partial charge in [-0.15, -0.1) is 0 Å². The van der Waals surface area contributed by atoms with Gasteiger partial charge in [0.25, 0.3) is 0 Å². The number of ether oxygens (including phenoxy) is 2. The third-order valence-electron chi connectivity index (χ3n) is 1.79. The zero-order chi connectivity index (χ0) is 10.2. The fraction of sp³-hybridized carbons (Fsp3) is 0.778. The van der Waals surface area contributed by atoms with Gasteiger partial charge in [0.1, 0.15) is 11.5 Å². The van der Waals surface area contributed by atoms with Gasteiger partial charge in [0.15, 0.2) is 0 Å². The van der Waals surface area contributed by atoms with Crippen molar-refractivity contribution in [3.63, 3.8) is 0 Å². The number of allylic oxidation sites excluding steroid dienone is 2. The molecule has 13 heavy (non-hydrogen) atoms. The van der Waals surface area contributed by atoms with Gasteiger partial charge in [0, 0.05) is 11.8 Å². The van der Waals surface area contributed by atoms with Crippen molar-refractivity contribution in [2.24, 2.45) is 11.8 Å². The minimum absolute atomic E-state index is 0.0820. The minimum atomic E-state index is -2.47. The third-order valence-corrected chi connectivity index (χ3v) is 1.79.